The van der Waals surface area contributed by atoms with Crippen LogP contribution in [0.1, 0.15) is 11.1 Å². The summed E-state index contributed by atoms with van der Waals surface area (Å²) in [6.07, 6.45) is 0. The highest BCUT2D eigenvalue weighted by Crippen LogP contribution is 2.43. The van der Waals surface area contributed by atoms with Crippen molar-refractivity contribution in [2.45, 2.75) is 15.7 Å². The molecule has 218 valence electrons. The molecule has 0 aromatic heterocycles. The molecular formula is C26H27ClFN5O6S2. The van der Waals surface area contributed by atoms with E-state index in [2.05, 4.69) is 15.1 Å². The number of nitrogens with one attached hydrogen (secondary N) is 2. The first kappa shape index (κ1) is 30.6. The molecule has 0 saturated carbocycles. The summed E-state index contributed by atoms with van der Waals surface area (Å²) >= 11 is 6.03. The number of nitrogens with zero attached hydrogens (tertiary/aromatic N) is 2. The molecule has 2 amide bonds. The van der Waals surface area contributed by atoms with Crippen molar-refractivity contribution in [1.82, 2.24) is 15.0 Å². The van der Waals surface area contributed by atoms with Crippen molar-refractivity contribution in [3.8, 4) is 0 Å². The van der Waals surface area contributed by atoms with E-state index in [1.807, 2.05) is 0 Å². The van der Waals surface area contributed by atoms with Gasteiger partial charge in [-0.15, -0.1) is 0 Å². The molecule has 15 heteroatoms. The maximum Gasteiger partial charge on any atom is 0.337 e. The second kappa shape index (κ2) is 12.2. The molecule has 1 unspecified atom stereocenters. The van der Waals surface area contributed by atoms with Crippen LogP contribution < -0.4 is 15.2 Å². The van der Waals surface area contributed by atoms with Crippen molar-refractivity contribution in [1.29, 1.82) is 0 Å². The highest BCUT2D eigenvalue weighted by Gasteiger charge is 2.56. The number of rotatable bonds is 10. The van der Waals surface area contributed by atoms with E-state index in [0.717, 1.165) is 5.01 Å². The zero-order chi connectivity index (χ0) is 29.8. The fraction of sp³-hybridized carbons (Fsp3) is 0.231. The van der Waals surface area contributed by atoms with Gasteiger partial charge in [0, 0.05) is 24.2 Å². The number of sulfone groups is 1. The van der Waals surface area contributed by atoms with Gasteiger partial charge in [0.15, 0.2) is 14.6 Å². The van der Waals surface area contributed by atoms with Crippen LogP contribution in [0.4, 0.5) is 9.18 Å². The Balaban J connectivity index is 1.82. The normalized spacial score (nSPS) is 18.1. The molecule has 41 heavy (non-hydrogen) atoms. The van der Waals surface area contributed by atoms with E-state index in [1.165, 1.54) is 55.6 Å². The summed E-state index contributed by atoms with van der Waals surface area (Å²) in [4.78, 5) is 13.3. The number of benzene rings is 3. The van der Waals surface area contributed by atoms with Crippen LogP contribution in [0.15, 0.2) is 88.9 Å². The first-order chi connectivity index (χ1) is 19.4. The fourth-order valence-corrected chi connectivity index (χ4v) is 7.32. The molecule has 0 radical (unpaired) electrons. The molecular weight excluding hydrogens is 597 g/mol. The number of urea groups is 1. The van der Waals surface area contributed by atoms with E-state index in [1.54, 1.807) is 30.3 Å². The molecule has 1 heterocycles. The standard InChI is InChI=1S/C26H27ClFN5O6S2/c1-39-16-22(32-41(29,37)38)15-30-25(34)33-17-26(19-5-3-2-4-6-19,24(31-33)18-7-11-21(28)12-8-18)40(35,36)23-13-9-20(27)10-14-23/h2-14,22,32H,15-17H2,1H3,(H,30,34)(H2,29,37,38)/t22-,26?/m0/s1. The summed E-state index contributed by atoms with van der Waals surface area (Å²) in [5.41, 5.74) is 0.586. The Bertz CT molecular complexity index is 1640. The molecule has 0 spiro atoms. The lowest BCUT2D eigenvalue weighted by Gasteiger charge is -2.31. The lowest BCUT2D eigenvalue weighted by Crippen LogP contribution is -2.51. The monoisotopic (exact) mass is 623 g/mol. The third-order valence-electron chi connectivity index (χ3n) is 6.35. The van der Waals surface area contributed by atoms with Crippen LogP contribution >= 0.6 is 11.6 Å². The molecule has 2 atom stereocenters. The highest BCUT2D eigenvalue weighted by molar-refractivity contribution is 7.93. The summed E-state index contributed by atoms with van der Waals surface area (Å²) in [6, 6.07) is 17.2. The van der Waals surface area contributed by atoms with Crippen LogP contribution in [-0.2, 0) is 29.5 Å². The number of hydrazone groups is 1. The number of carbonyl (C=O) groups excluding carboxylic acids is 1. The summed E-state index contributed by atoms with van der Waals surface area (Å²) in [5.74, 6) is -0.542. The van der Waals surface area contributed by atoms with Crippen molar-refractivity contribution in [2.75, 3.05) is 26.8 Å². The van der Waals surface area contributed by atoms with Crippen LogP contribution in [0.2, 0.25) is 5.02 Å². The number of methoxy groups -OCH3 is 1. The van der Waals surface area contributed by atoms with Gasteiger partial charge in [-0.25, -0.2) is 27.8 Å². The molecule has 0 bridgehead atoms. The second-order valence-corrected chi connectivity index (χ2v) is 13.1. The molecule has 0 aliphatic carbocycles. The molecule has 1 aliphatic rings. The Kier molecular flexibility index (Phi) is 9.11. The molecule has 0 fully saturated rings. The van der Waals surface area contributed by atoms with E-state index < -0.39 is 49.2 Å². The maximum atomic E-state index is 14.5. The van der Waals surface area contributed by atoms with Gasteiger partial charge in [0.05, 0.1) is 29.8 Å². The second-order valence-electron chi connectivity index (χ2n) is 9.16. The summed E-state index contributed by atoms with van der Waals surface area (Å²) in [5, 5.41) is 13.3. The number of hydrogen-bond donors (Lipinski definition) is 3. The van der Waals surface area contributed by atoms with Crippen LogP contribution in [0.3, 0.4) is 0 Å². The van der Waals surface area contributed by atoms with E-state index in [4.69, 9.17) is 21.5 Å². The Labute approximate surface area is 242 Å². The Morgan fingerprint density at radius 3 is 2.29 bits per heavy atom. The number of amides is 2. The Morgan fingerprint density at radius 1 is 1.07 bits per heavy atom. The fourth-order valence-electron chi connectivity index (χ4n) is 4.53. The predicted molar refractivity (Wildman–Crippen MR) is 152 cm³/mol. The molecule has 11 nitrogen and oxygen atoms in total. The average Bonchev–Trinajstić information content (AvgIpc) is 3.35. The largest absolute Gasteiger partial charge is 0.383 e. The minimum Gasteiger partial charge on any atom is -0.383 e. The van der Waals surface area contributed by atoms with Gasteiger partial charge in [-0.05, 0) is 42.0 Å². The van der Waals surface area contributed by atoms with Gasteiger partial charge in [-0.2, -0.15) is 18.2 Å². The molecule has 3 aromatic carbocycles. The first-order valence-electron chi connectivity index (χ1n) is 12.1. The third-order valence-corrected chi connectivity index (χ3v) is 9.63. The molecule has 3 aromatic rings. The van der Waals surface area contributed by atoms with Crippen molar-refractivity contribution < 1.29 is 30.8 Å². The topological polar surface area (TPSA) is 160 Å². The average molecular weight is 624 g/mol. The minimum atomic E-state index is -4.34. The number of hydrogen-bond acceptors (Lipinski definition) is 7. The lowest BCUT2D eigenvalue weighted by molar-refractivity contribution is 0.169. The van der Waals surface area contributed by atoms with Crippen molar-refractivity contribution >= 4 is 43.4 Å². The SMILES string of the molecule is COC[C@H](CNC(=O)N1CC(c2ccccc2)(S(=O)(=O)c2ccc(Cl)cc2)C(c2ccc(F)cc2)=N1)NS(N)(=O)=O. The van der Waals surface area contributed by atoms with Crippen molar-refractivity contribution in [3.63, 3.8) is 0 Å². The van der Waals surface area contributed by atoms with Gasteiger partial charge in [0.25, 0.3) is 10.2 Å². The smallest absolute Gasteiger partial charge is 0.337 e. The Hall–Kier alpha value is -3.40. The van der Waals surface area contributed by atoms with E-state index in [-0.39, 0.29) is 29.3 Å². The third kappa shape index (κ3) is 6.58. The zero-order valence-corrected chi connectivity index (χ0v) is 24.1. The van der Waals surface area contributed by atoms with Gasteiger partial charge in [0.1, 0.15) is 5.82 Å². The maximum absolute atomic E-state index is 14.5. The highest BCUT2D eigenvalue weighted by atomic mass is 35.5. The first-order valence-corrected chi connectivity index (χ1v) is 15.5. The van der Waals surface area contributed by atoms with Crippen LogP contribution in [0.25, 0.3) is 0 Å². The molecule has 1 aliphatic heterocycles. The van der Waals surface area contributed by atoms with Crippen molar-refractivity contribution in [2.24, 2.45) is 10.2 Å². The quantitative estimate of drug-likeness (QED) is 0.314. The Morgan fingerprint density at radius 2 is 1.71 bits per heavy atom. The van der Waals surface area contributed by atoms with Crippen LogP contribution in [-0.4, -0.2) is 66.4 Å². The van der Waals surface area contributed by atoms with E-state index in [9.17, 15) is 26.0 Å². The molecule has 4 N–H and O–H groups in total. The number of carbonyl (C=O) groups is 1. The molecule has 0 saturated heterocycles. The lowest BCUT2D eigenvalue weighted by atomic mass is 9.89. The minimum absolute atomic E-state index is 0.00935. The van der Waals surface area contributed by atoms with E-state index >= 15 is 0 Å². The van der Waals surface area contributed by atoms with Gasteiger partial charge in [0.2, 0.25) is 0 Å². The number of ether oxygens (including phenoxy) is 1. The van der Waals surface area contributed by atoms with Crippen LogP contribution in [0.5, 0.6) is 0 Å². The number of halogens is 2. The van der Waals surface area contributed by atoms with Gasteiger partial charge in [-0.3, -0.25) is 0 Å². The predicted octanol–water partition coefficient (Wildman–Crippen LogP) is 2.39. The van der Waals surface area contributed by atoms with Gasteiger partial charge >= 0.3 is 6.03 Å². The van der Waals surface area contributed by atoms with E-state index in [0.29, 0.717) is 10.6 Å². The summed E-state index contributed by atoms with van der Waals surface area (Å²) < 4.78 is 71.2. The van der Waals surface area contributed by atoms with Gasteiger partial charge in [-0.1, -0.05) is 54.1 Å². The molecule has 4 rings (SSSR count). The summed E-state index contributed by atoms with van der Waals surface area (Å²) in [6.45, 7) is -0.805. The van der Waals surface area contributed by atoms with Crippen LogP contribution in [0, 0.1) is 5.82 Å². The summed E-state index contributed by atoms with van der Waals surface area (Å²) in [7, 11) is -7.11. The zero-order valence-electron chi connectivity index (χ0n) is 21.7. The number of nitrogens with two attached hydrogens (primary N) is 1. The van der Waals surface area contributed by atoms with Gasteiger partial charge < -0.3 is 10.1 Å². The van der Waals surface area contributed by atoms with Crippen molar-refractivity contribution in [3.05, 3.63) is 101 Å².